The summed E-state index contributed by atoms with van der Waals surface area (Å²) in [6.07, 6.45) is 16.2. The fourth-order valence-electron chi connectivity index (χ4n) is 1.74. The van der Waals surface area contributed by atoms with Gasteiger partial charge >= 0.3 is 21.7 Å². The summed E-state index contributed by atoms with van der Waals surface area (Å²) in [6.45, 7) is 22.4. The Morgan fingerprint density at radius 1 is 0.828 bits per heavy atom. The molecule has 0 saturated heterocycles. The first-order valence-corrected chi connectivity index (χ1v) is 9.82. The molecule has 0 heterocycles. The Morgan fingerprint density at radius 2 is 1.14 bits per heavy atom. The third-order valence-electron chi connectivity index (χ3n) is 3.05. The fraction of sp³-hybridized carbons (Fsp3) is 0.600. The third-order valence-corrected chi connectivity index (χ3v) is 3.05. The van der Waals surface area contributed by atoms with E-state index in [2.05, 4.69) is 44.9 Å². The molecule has 29 heavy (non-hydrogen) atoms. The van der Waals surface area contributed by atoms with E-state index in [9.17, 15) is 15.3 Å². The molecule has 3 nitrogen and oxygen atoms in total. The molecule has 0 saturated carbocycles. The van der Waals surface area contributed by atoms with Crippen LogP contribution >= 0.6 is 0 Å². The first kappa shape index (κ1) is 35.7. The zero-order valence-electron chi connectivity index (χ0n) is 19.8. The summed E-state index contributed by atoms with van der Waals surface area (Å²) in [4.78, 5) is 0. The average molecular weight is 438 g/mol. The molecule has 0 aliphatic heterocycles. The molecule has 1 aliphatic rings. The maximum absolute atomic E-state index is 10.6. The predicted octanol–water partition coefficient (Wildman–Crippen LogP) is 4.19. The van der Waals surface area contributed by atoms with Gasteiger partial charge in [0, 0.05) is 0 Å². The molecule has 0 radical (unpaired) electrons. The summed E-state index contributed by atoms with van der Waals surface area (Å²) < 4.78 is 0. The van der Waals surface area contributed by atoms with Gasteiger partial charge in [0.25, 0.3) is 0 Å². The van der Waals surface area contributed by atoms with Crippen molar-refractivity contribution >= 4 is 0 Å². The second-order valence-corrected chi connectivity index (χ2v) is 8.42. The van der Waals surface area contributed by atoms with E-state index in [1.807, 2.05) is 0 Å². The van der Waals surface area contributed by atoms with Gasteiger partial charge < -0.3 is 15.3 Å². The molecule has 0 N–H and O–H groups in total. The van der Waals surface area contributed by atoms with Crippen LogP contribution in [0.3, 0.4) is 0 Å². The van der Waals surface area contributed by atoms with Crippen molar-refractivity contribution in [3.05, 3.63) is 61.8 Å². The second kappa shape index (κ2) is 19.3. The van der Waals surface area contributed by atoms with Gasteiger partial charge in [-0.3, -0.25) is 6.08 Å². The summed E-state index contributed by atoms with van der Waals surface area (Å²) in [5, 5.41) is 31.9. The van der Waals surface area contributed by atoms with Crippen molar-refractivity contribution in [1.29, 1.82) is 0 Å². The zero-order chi connectivity index (χ0) is 22.9. The van der Waals surface area contributed by atoms with E-state index in [0.29, 0.717) is 19.3 Å². The van der Waals surface area contributed by atoms with Crippen molar-refractivity contribution in [3.63, 3.8) is 0 Å². The molecule has 4 heteroatoms. The van der Waals surface area contributed by atoms with Gasteiger partial charge in [-0.15, -0.1) is 43.0 Å². The predicted molar refractivity (Wildman–Crippen MR) is 117 cm³/mol. The molecule has 0 aromatic rings. The van der Waals surface area contributed by atoms with E-state index in [0.717, 1.165) is 12.8 Å². The van der Waals surface area contributed by atoms with Gasteiger partial charge in [-0.2, -0.15) is 6.08 Å². The molecule has 0 atom stereocenters. The smallest absolute Gasteiger partial charge is 0.850 e. The van der Waals surface area contributed by atoms with Crippen LogP contribution in [0.25, 0.3) is 0 Å². The van der Waals surface area contributed by atoms with Gasteiger partial charge in [0.05, 0.1) is 0 Å². The molecule has 0 aromatic heterocycles. The molecule has 1 rings (SSSR count). The van der Waals surface area contributed by atoms with Crippen molar-refractivity contribution in [1.82, 2.24) is 0 Å². The van der Waals surface area contributed by atoms with Crippen molar-refractivity contribution in [2.75, 3.05) is 0 Å². The van der Waals surface area contributed by atoms with Crippen LogP contribution in [0, 0.1) is 6.08 Å². The molecule has 0 spiro atoms. The van der Waals surface area contributed by atoms with Crippen molar-refractivity contribution in [2.24, 2.45) is 0 Å². The monoisotopic (exact) mass is 438 g/mol. The molecule has 0 aromatic carbocycles. The Labute approximate surface area is 195 Å². The molecule has 0 unspecified atom stereocenters. The molecular weight excluding hydrogens is 396 g/mol. The summed E-state index contributed by atoms with van der Waals surface area (Å²) in [5.74, 6) is 0. The first-order chi connectivity index (χ1) is 12.6. The van der Waals surface area contributed by atoms with Gasteiger partial charge in [0.2, 0.25) is 0 Å². The average Bonchev–Trinajstić information content (AvgIpc) is 2.98. The van der Waals surface area contributed by atoms with Crippen LogP contribution in [0.15, 0.2) is 55.7 Å². The minimum Gasteiger partial charge on any atom is -0.850 e. The maximum Gasteiger partial charge on any atom is 4.00 e. The van der Waals surface area contributed by atoms with Crippen LogP contribution < -0.4 is 15.3 Å². The topological polar surface area (TPSA) is 69.2 Å². The minimum absolute atomic E-state index is 0. The van der Waals surface area contributed by atoms with Gasteiger partial charge in [0.15, 0.2) is 0 Å². The second-order valence-electron chi connectivity index (χ2n) is 8.42. The fourth-order valence-corrected chi connectivity index (χ4v) is 1.74. The van der Waals surface area contributed by atoms with Crippen molar-refractivity contribution < 1.29 is 37.0 Å². The Bertz CT molecular complexity index is 422. The Morgan fingerprint density at radius 3 is 1.21 bits per heavy atom. The summed E-state index contributed by atoms with van der Waals surface area (Å²) >= 11 is 0. The zero-order valence-corrected chi connectivity index (χ0v) is 21.3. The SMILES string of the molecule is C=CCC(C)(C)[O-].C=CCC(C)(C)[O-].C=CCC(C)(C)[O-].CCC1=[C-]CC=C1.[Ti+4]. The number of hydrogen-bond acceptors (Lipinski definition) is 3. The summed E-state index contributed by atoms with van der Waals surface area (Å²) in [7, 11) is 0. The molecular formula is C25H42O3Ti. The number of rotatable bonds is 7. The van der Waals surface area contributed by atoms with E-state index in [1.54, 1.807) is 59.8 Å². The summed E-state index contributed by atoms with van der Waals surface area (Å²) in [5.41, 5.74) is -1.09. The largest absolute Gasteiger partial charge is 4.00 e. The summed E-state index contributed by atoms with van der Waals surface area (Å²) in [6, 6.07) is 0. The Kier molecular flexibility index (Phi) is 23.7. The number of hydrogen-bond donors (Lipinski definition) is 0. The minimum atomic E-state index is -0.818. The van der Waals surface area contributed by atoms with E-state index < -0.39 is 16.8 Å². The van der Waals surface area contributed by atoms with Crippen LogP contribution in [-0.4, -0.2) is 16.8 Å². The van der Waals surface area contributed by atoms with E-state index in [4.69, 9.17) is 0 Å². The van der Waals surface area contributed by atoms with Gasteiger partial charge in [0.1, 0.15) is 0 Å². The van der Waals surface area contributed by atoms with Crippen LogP contribution in [-0.2, 0) is 21.7 Å². The molecule has 1 aliphatic carbocycles. The quantitative estimate of drug-likeness (QED) is 0.340. The Balaban J connectivity index is -0.000000142. The molecule has 164 valence electrons. The van der Waals surface area contributed by atoms with Crippen molar-refractivity contribution in [2.45, 2.75) is 97.4 Å². The molecule has 0 amide bonds. The third kappa shape index (κ3) is 42.4. The van der Waals surface area contributed by atoms with Gasteiger partial charge in [-0.1, -0.05) is 73.1 Å². The first-order valence-electron chi connectivity index (χ1n) is 9.82. The van der Waals surface area contributed by atoms with Gasteiger partial charge in [-0.25, -0.2) is 11.6 Å². The van der Waals surface area contributed by atoms with E-state index in [-0.39, 0.29) is 21.7 Å². The normalized spacial score (nSPS) is 12.4. The van der Waals surface area contributed by atoms with Gasteiger partial charge in [-0.05, 0) is 19.3 Å². The molecule has 0 bridgehead atoms. The molecule has 0 fully saturated rings. The van der Waals surface area contributed by atoms with Crippen LogP contribution in [0.5, 0.6) is 0 Å². The van der Waals surface area contributed by atoms with Crippen LogP contribution in [0.4, 0.5) is 0 Å². The van der Waals surface area contributed by atoms with Crippen molar-refractivity contribution in [3.8, 4) is 0 Å². The van der Waals surface area contributed by atoms with Crippen LogP contribution in [0.2, 0.25) is 0 Å². The van der Waals surface area contributed by atoms with E-state index in [1.165, 1.54) is 5.57 Å². The van der Waals surface area contributed by atoms with Crippen LogP contribution in [0.1, 0.15) is 80.6 Å². The van der Waals surface area contributed by atoms with E-state index >= 15 is 0 Å². The Hall–Kier alpha value is -0.706. The maximum atomic E-state index is 10.6. The number of allylic oxidation sites excluding steroid dienone is 4. The standard InChI is InChI=1S/C7H9.3C6H11O.Ti/c1-2-7-5-3-4-6-7;3*1-4-5-6(2,3)7;/h3,5H,2,4H2,1H3;3*4H,1,5H2,2-3H3;/q4*-1;+4.